The van der Waals surface area contributed by atoms with Crippen LogP contribution in [0.3, 0.4) is 0 Å². The summed E-state index contributed by atoms with van der Waals surface area (Å²) in [7, 11) is 1.22. The molecule has 6 nitrogen and oxygen atoms in total. The summed E-state index contributed by atoms with van der Waals surface area (Å²) < 4.78 is 11.1. The van der Waals surface area contributed by atoms with Crippen molar-refractivity contribution in [3.8, 4) is 0 Å². The molecule has 0 radical (unpaired) electrons. The van der Waals surface area contributed by atoms with Crippen molar-refractivity contribution >= 4 is 11.8 Å². The molecule has 2 aliphatic heterocycles. The van der Waals surface area contributed by atoms with Gasteiger partial charge < -0.3 is 19.7 Å². The number of allylic oxidation sites excluding steroid dienone is 2. The fourth-order valence-electron chi connectivity index (χ4n) is 5.18. The quantitative estimate of drug-likeness (QED) is 0.596. The minimum absolute atomic E-state index is 0.120. The number of fused-ring (bicyclic) bond motifs is 1. The number of hydrogen-bond donors (Lipinski definition) is 2. The van der Waals surface area contributed by atoms with Crippen LogP contribution in [-0.2, 0) is 19.1 Å². The van der Waals surface area contributed by atoms with Crippen molar-refractivity contribution in [2.24, 2.45) is 10.8 Å². The molecule has 0 aromatic rings. The molecule has 2 bridgehead atoms. The van der Waals surface area contributed by atoms with Crippen molar-refractivity contribution in [1.82, 2.24) is 0 Å². The first-order chi connectivity index (χ1) is 11.4. The molecule has 4 atom stereocenters. The summed E-state index contributed by atoms with van der Waals surface area (Å²) in [6.07, 6.45) is 2.02. The number of ether oxygens (including phenoxy) is 2. The van der Waals surface area contributed by atoms with Crippen molar-refractivity contribution < 1.29 is 29.3 Å². The van der Waals surface area contributed by atoms with E-state index >= 15 is 0 Å². The molecule has 0 saturated carbocycles. The average Bonchev–Trinajstić information content (AvgIpc) is 3.00. The van der Waals surface area contributed by atoms with Crippen molar-refractivity contribution in [1.29, 1.82) is 0 Å². The summed E-state index contributed by atoms with van der Waals surface area (Å²) >= 11 is 0. The molecular formula is C19H26O6. The van der Waals surface area contributed by atoms with Gasteiger partial charge in [0.2, 0.25) is 5.60 Å². The largest absolute Gasteiger partial charge is 0.511 e. The predicted octanol–water partition coefficient (Wildman–Crippen LogP) is 2.22. The van der Waals surface area contributed by atoms with E-state index in [2.05, 4.69) is 0 Å². The minimum Gasteiger partial charge on any atom is -0.511 e. The Labute approximate surface area is 147 Å². The predicted molar refractivity (Wildman–Crippen MR) is 89.8 cm³/mol. The summed E-state index contributed by atoms with van der Waals surface area (Å²) in [5.74, 6) is -1.46. The number of methoxy groups -OCH3 is 1. The molecule has 2 unspecified atom stereocenters. The Hall–Kier alpha value is -1.66. The Morgan fingerprint density at radius 2 is 1.92 bits per heavy atom. The maximum atomic E-state index is 12.9. The zero-order valence-electron chi connectivity index (χ0n) is 15.6. The van der Waals surface area contributed by atoms with Crippen LogP contribution >= 0.6 is 0 Å². The molecule has 6 heteroatoms. The second-order valence-electron chi connectivity index (χ2n) is 8.26. The minimum atomic E-state index is -1.94. The van der Waals surface area contributed by atoms with Crippen LogP contribution in [0.1, 0.15) is 47.5 Å². The lowest BCUT2D eigenvalue weighted by atomic mass is 9.52. The maximum Gasteiger partial charge on any atom is 0.342 e. The van der Waals surface area contributed by atoms with Gasteiger partial charge in [0.05, 0.1) is 24.2 Å². The van der Waals surface area contributed by atoms with Crippen molar-refractivity contribution in [2.75, 3.05) is 7.11 Å². The Morgan fingerprint density at radius 1 is 1.32 bits per heavy atom. The first-order valence-electron chi connectivity index (χ1n) is 8.51. The number of rotatable bonds is 4. The van der Waals surface area contributed by atoms with E-state index in [0.29, 0.717) is 6.42 Å². The van der Waals surface area contributed by atoms with E-state index in [1.165, 1.54) is 14.0 Å². The third-order valence-corrected chi connectivity index (χ3v) is 6.51. The lowest BCUT2D eigenvalue weighted by molar-refractivity contribution is -0.194. The molecule has 0 aromatic carbocycles. The number of ketones is 1. The van der Waals surface area contributed by atoms with Gasteiger partial charge in [0, 0.05) is 5.41 Å². The smallest absolute Gasteiger partial charge is 0.342 e. The van der Waals surface area contributed by atoms with E-state index in [4.69, 9.17) is 9.47 Å². The molecule has 2 saturated heterocycles. The van der Waals surface area contributed by atoms with Gasteiger partial charge in [-0.3, -0.25) is 4.79 Å². The highest BCUT2D eigenvalue weighted by molar-refractivity contribution is 6.02. The normalized spacial score (nSPS) is 40.4. The lowest BCUT2D eigenvalue weighted by Crippen LogP contribution is -2.68. The van der Waals surface area contributed by atoms with Crippen LogP contribution in [0.5, 0.6) is 0 Å². The first-order valence-corrected chi connectivity index (χ1v) is 8.51. The highest BCUT2D eigenvalue weighted by Gasteiger charge is 2.90. The van der Waals surface area contributed by atoms with Gasteiger partial charge in [-0.25, -0.2) is 4.79 Å². The van der Waals surface area contributed by atoms with Crippen LogP contribution < -0.4 is 0 Å². The van der Waals surface area contributed by atoms with Gasteiger partial charge >= 0.3 is 5.97 Å². The molecule has 25 heavy (non-hydrogen) atoms. The Morgan fingerprint density at radius 3 is 2.40 bits per heavy atom. The number of esters is 1. The number of carbonyl (C=O) groups excluding carboxylic acids is 2. The Balaban J connectivity index is 2.38. The highest BCUT2D eigenvalue weighted by Crippen LogP contribution is 2.76. The zero-order chi connectivity index (χ0) is 19.0. The third-order valence-electron chi connectivity index (χ3n) is 6.51. The maximum absolute atomic E-state index is 12.9. The Bertz CT molecular complexity index is 728. The summed E-state index contributed by atoms with van der Waals surface area (Å²) in [6.45, 7) is 8.63. The van der Waals surface area contributed by atoms with Crippen molar-refractivity contribution in [3.63, 3.8) is 0 Å². The molecule has 0 spiro atoms. The monoisotopic (exact) mass is 350 g/mol. The molecule has 2 heterocycles. The Kier molecular flexibility index (Phi) is 3.59. The first kappa shape index (κ1) is 18.1. The molecule has 3 rings (SSSR count). The topological polar surface area (TPSA) is 93.1 Å². The van der Waals surface area contributed by atoms with Crippen LogP contribution in [0.25, 0.3) is 0 Å². The van der Waals surface area contributed by atoms with Gasteiger partial charge in [-0.2, -0.15) is 0 Å². The number of carbonyl (C=O) groups is 2. The second kappa shape index (κ2) is 4.95. The molecule has 0 amide bonds. The molecule has 2 fully saturated rings. The lowest BCUT2D eigenvalue weighted by Gasteiger charge is -2.49. The summed E-state index contributed by atoms with van der Waals surface area (Å²) in [5.41, 5.74) is -5.01. The fourth-order valence-corrected chi connectivity index (χ4v) is 5.18. The van der Waals surface area contributed by atoms with Crippen LogP contribution in [0.2, 0.25) is 0 Å². The molecule has 3 aliphatic rings. The van der Waals surface area contributed by atoms with Gasteiger partial charge in [0.1, 0.15) is 11.4 Å². The number of aliphatic hydroxyl groups excluding tert-OH is 1. The van der Waals surface area contributed by atoms with E-state index in [1.54, 1.807) is 13.8 Å². The van der Waals surface area contributed by atoms with Gasteiger partial charge in [0.25, 0.3) is 0 Å². The second-order valence-corrected chi connectivity index (χ2v) is 8.26. The number of aliphatic hydroxyl groups is 2. The molecular weight excluding hydrogens is 324 g/mol. The van der Waals surface area contributed by atoms with Gasteiger partial charge in [-0.15, -0.1) is 0 Å². The molecule has 2 N–H and O–H groups in total. The zero-order valence-corrected chi connectivity index (χ0v) is 15.6. The van der Waals surface area contributed by atoms with Crippen LogP contribution in [-0.4, -0.2) is 46.4 Å². The van der Waals surface area contributed by atoms with E-state index < -0.39 is 39.9 Å². The van der Waals surface area contributed by atoms with Crippen molar-refractivity contribution in [2.45, 2.75) is 64.8 Å². The van der Waals surface area contributed by atoms with Gasteiger partial charge in [-0.1, -0.05) is 25.5 Å². The highest BCUT2D eigenvalue weighted by atomic mass is 16.6. The average molecular weight is 350 g/mol. The van der Waals surface area contributed by atoms with Gasteiger partial charge in [0.15, 0.2) is 5.78 Å². The van der Waals surface area contributed by atoms with Crippen LogP contribution in [0, 0.1) is 10.8 Å². The number of Topliss-reactive ketones (excluding diaryl/α,β-unsaturated/α-hetero) is 1. The van der Waals surface area contributed by atoms with E-state index in [1.807, 2.05) is 19.9 Å². The van der Waals surface area contributed by atoms with Crippen LogP contribution in [0.15, 0.2) is 23.0 Å². The fraction of sp³-hybridized carbons (Fsp3) is 0.684. The molecule has 0 aromatic heterocycles. The van der Waals surface area contributed by atoms with Gasteiger partial charge in [-0.05, 0) is 33.6 Å². The number of hydrogen-bond acceptors (Lipinski definition) is 6. The molecule has 1 aliphatic carbocycles. The van der Waals surface area contributed by atoms with E-state index in [-0.39, 0.29) is 17.8 Å². The van der Waals surface area contributed by atoms with Crippen LogP contribution in [0.4, 0.5) is 0 Å². The SMILES string of the molecule is COC(=O)[C@]12OC3CC1(CC=C(C)C)C(O)=C(C(C)=O)[C@@]2(O)C3(C)C. The standard InChI is InChI=1S/C19H26O6/c1-10(2)7-8-17-9-12-16(4,5)18(23,13(11(3)20)14(17)21)19(17,25-12)15(22)24-6/h7,12,21,23H,8-9H2,1-6H3/t12?,17?,18-,19+/m1/s1. The summed E-state index contributed by atoms with van der Waals surface area (Å²) in [4.78, 5) is 25.3. The summed E-state index contributed by atoms with van der Waals surface area (Å²) in [5, 5.41) is 22.8. The summed E-state index contributed by atoms with van der Waals surface area (Å²) in [6, 6.07) is 0. The molecule has 138 valence electrons. The van der Waals surface area contributed by atoms with E-state index in [9.17, 15) is 19.8 Å². The third kappa shape index (κ3) is 1.63. The van der Waals surface area contributed by atoms with E-state index in [0.717, 1.165) is 5.57 Å². The van der Waals surface area contributed by atoms with Crippen molar-refractivity contribution in [3.05, 3.63) is 23.0 Å².